The zero-order valence-electron chi connectivity index (χ0n) is 80.7. The van der Waals surface area contributed by atoms with Gasteiger partial charge in [0.05, 0.1) is 44.4 Å². The predicted octanol–water partition coefficient (Wildman–Crippen LogP) is -10.5. The van der Waals surface area contributed by atoms with E-state index in [1.807, 2.05) is 0 Å². The zero-order valence-corrected chi connectivity index (χ0v) is 80.7. The number of hydrogen-bond acceptors (Lipinski definition) is 30. The van der Waals surface area contributed by atoms with Gasteiger partial charge in [-0.1, -0.05) is 54.4 Å². The molecule has 54 heteroatoms. The number of unbranched alkanes of at least 4 members (excludes halogenated alkanes) is 3. The van der Waals surface area contributed by atoms with Crippen molar-refractivity contribution in [2.75, 3.05) is 52.4 Å². The smallest absolute Gasteiger partial charge is 0.326 e. The van der Waals surface area contributed by atoms with Gasteiger partial charge in [-0.2, -0.15) is 0 Å². The van der Waals surface area contributed by atoms with E-state index in [0.29, 0.717) is 32.1 Å². The Bertz CT molecular complexity index is 4160. The molecular weight excluding hydrogens is 1840 g/mol. The van der Waals surface area contributed by atoms with Crippen LogP contribution >= 0.6 is 0 Å². The molecular formula is C85H149N25O29. The Morgan fingerprint density at radius 2 is 0.755 bits per heavy atom. The zero-order chi connectivity index (χ0) is 106. The molecule has 1 aliphatic rings. The molecule has 0 bridgehead atoms. The number of hydrogen-bond donors (Lipinski definition) is 30. The third-order valence-corrected chi connectivity index (χ3v) is 22.4. The summed E-state index contributed by atoms with van der Waals surface area (Å²) < 4.78 is 0. The van der Waals surface area contributed by atoms with Crippen LogP contribution in [0.4, 0.5) is 0 Å². The number of rotatable bonds is 69. The van der Waals surface area contributed by atoms with Crippen LogP contribution in [-0.4, -0.2) is 344 Å². The number of nitrogens with zero attached hydrogens (tertiary/aromatic N) is 2. The molecule has 1 fully saturated rings. The number of carboxylic acids is 4. The number of carbonyl (C=O) groups is 22. The van der Waals surface area contributed by atoms with Crippen molar-refractivity contribution < 1.29 is 141 Å². The Hall–Kier alpha value is -12.7. The van der Waals surface area contributed by atoms with Crippen molar-refractivity contribution >= 4 is 136 Å². The number of carbonyl (C=O) groups excluding carboxylic acids is 18. The molecule has 0 aromatic rings. The highest BCUT2D eigenvalue weighted by Crippen LogP contribution is 2.23. The van der Waals surface area contributed by atoms with E-state index >= 15 is 0 Å². The Morgan fingerprint density at radius 1 is 0.381 bits per heavy atom. The van der Waals surface area contributed by atoms with Crippen molar-refractivity contribution in [1.82, 2.24) is 95.3 Å². The number of carboxylic acid groups (broad SMARTS) is 4. The maximum Gasteiger partial charge on any atom is 0.326 e. The Balaban J connectivity index is 3.34. The molecule has 0 unspecified atom stereocenters. The average Bonchev–Trinajstić information content (AvgIpc) is 1.69. The molecule has 0 aliphatic carbocycles. The first-order valence-corrected chi connectivity index (χ1v) is 46.4. The van der Waals surface area contributed by atoms with Gasteiger partial charge in [-0.3, -0.25) is 106 Å². The maximum atomic E-state index is 14.8. The van der Waals surface area contributed by atoms with Crippen LogP contribution < -0.4 is 125 Å². The second kappa shape index (κ2) is 65.2. The molecule has 18 amide bonds. The van der Waals surface area contributed by atoms with E-state index in [-0.39, 0.29) is 122 Å². The lowest BCUT2D eigenvalue weighted by Gasteiger charge is -2.33. The molecule has 1 aliphatic heterocycles. The molecule has 54 nitrogen and oxygen atoms in total. The second-order valence-electron chi connectivity index (χ2n) is 34.6. The van der Waals surface area contributed by atoms with Crippen molar-refractivity contribution in [3.63, 3.8) is 0 Å². The van der Waals surface area contributed by atoms with E-state index in [2.05, 4.69) is 95.4 Å². The van der Waals surface area contributed by atoms with E-state index in [1.54, 1.807) is 41.5 Å². The molecule has 139 heavy (non-hydrogen) atoms. The number of aliphatic carboxylic acids is 4. The van der Waals surface area contributed by atoms with Gasteiger partial charge in [-0.15, -0.1) is 0 Å². The molecule has 0 aromatic carbocycles. The first-order chi connectivity index (χ1) is 65.2. The van der Waals surface area contributed by atoms with Gasteiger partial charge < -0.3 is 165 Å². The summed E-state index contributed by atoms with van der Waals surface area (Å²) in [5, 5.41) is 110. The van der Waals surface area contributed by atoms with Crippen LogP contribution in [0.2, 0.25) is 0 Å². The van der Waals surface area contributed by atoms with E-state index < -0.39 is 302 Å². The third-order valence-electron chi connectivity index (χ3n) is 22.4. The third kappa shape index (κ3) is 47.0. The van der Waals surface area contributed by atoms with Gasteiger partial charge >= 0.3 is 23.9 Å². The van der Waals surface area contributed by atoms with Crippen molar-refractivity contribution in [3.8, 4) is 0 Å². The highest BCUT2D eigenvalue weighted by atomic mass is 16.4. The van der Waals surface area contributed by atoms with E-state index in [4.69, 9.17) is 39.5 Å². The van der Waals surface area contributed by atoms with E-state index in [1.165, 1.54) is 6.92 Å². The predicted molar refractivity (Wildman–Crippen MR) is 496 cm³/mol. The van der Waals surface area contributed by atoms with Gasteiger partial charge in [0.15, 0.2) is 5.96 Å². The molecule has 0 aromatic heterocycles. The highest BCUT2D eigenvalue weighted by Gasteiger charge is 2.44. The summed E-state index contributed by atoms with van der Waals surface area (Å²) in [7, 11) is 0. The van der Waals surface area contributed by atoms with Crippen LogP contribution in [0.25, 0.3) is 0 Å². The lowest BCUT2D eigenvalue weighted by molar-refractivity contribution is -0.144. The number of guanidine groups is 1. The minimum absolute atomic E-state index is 0.0172. The maximum absolute atomic E-state index is 14.8. The quantitative estimate of drug-likeness (QED) is 0.0153. The molecule has 1 heterocycles. The monoisotopic (exact) mass is 1980 g/mol. The standard InChI is InChI=1S/C85H149N25O29/c1-12-42(5)64(106-60(115)39-93-59(114)38-94-72(126)50(25-20-34-92-85(90)91)98-68(122)45(8)96-82(136)67(48(11)113)109-77(131)57(40-111)105-70(124)44(7)95-73(127)53(28-30-62(118)119)100-71(125)49(89)27-29-61(116)117)80(134)107-65(43(6)13-2)79(133)104-56(36-41(3)4)83(137)110-35-21-26-58(110)78(132)103-55(37-63(120)121)76(130)108-66(47(10)112)81(135)97-46(9)69(123)99-51(22-14-17-31-86)74(128)101-52(23-15-18-32-87)75(129)102-54(84(138)139)24-16-19-33-88/h41-58,64-67,111-113H,12-40,86-89H2,1-11H3,(H,93,114)(H,94,126)(H,95,127)(H,96,136)(H,97,135)(H,98,122)(H,99,123)(H,100,125)(H,101,128)(H,102,129)(H,103,132)(H,104,133)(H,105,124)(H,106,115)(H,107,134)(H,108,130)(H,109,131)(H,116,117)(H,118,119)(H,120,121)(H,138,139)(H4,90,91,92)/t42-,43-,44-,45-,46-,47+,48+,49-,50-,51-,52-,53-,54-,55-,56-,57-,58-,64-,65-,66-,67-/m0/s1. The summed E-state index contributed by atoms with van der Waals surface area (Å²) in [6.45, 7) is 13.4. The first-order valence-electron chi connectivity index (χ1n) is 46.4. The van der Waals surface area contributed by atoms with Crippen molar-refractivity contribution in [3.05, 3.63) is 0 Å². The molecule has 0 radical (unpaired) electrons. The van der Waals surface area contributed by atoms with E-state index in [9.17, 15) is 136 Å². The summed E-state index contributed by atoms with van der Waals surface area (Å²) in [4.78, 5) is 300. The van der Waals surface area contributed by atoms with Gasteiger partial charge in [0, 0.05) is 25.9 Å². The molecule has 0 saturated carbocycles. The summed E-state index contributed by atoms with van der Waals surface area (Å²) in [5.41, 5.74) is 33.6. The van der Waals surface area contributed by atoms with Gasteiger partial charge in [0.1, 0.15) is 96.7 Å². The second-order valence-corrected chi connectivity index (χ2v) is 34.6. The minimum atomic E-state index is -1.99. The molecule has 788 valence electrons. The van der Waals surface area contributed by atoms with Crippen LogP contribution in [-0.2, 0) is 105 Å². The average molecular weight is 1990 g/mol. The fraction of sp³-hybridized carbons (Fsp3) is 0.729. The number of nitrogens with two attached hydrogens (primary N) is 6. The van der Waals surface area contributed by atoms with Crippen LogP contribution in [0.3, 0.4) is 0 Å². The van der Waals surface area contributed by atoms with Gasteiger partial charge in [0.2, 0.25) is 106 Å². The number of aliphatic imine (C=N–C) groups is 1. The number of aliphatic hydroxyl groups is 3. The van der Waals surface area contributed by atoms with Crippen LogP contribution in [0, 0.1) is 17.8 Å². The number of aliphatic hydroxyl groups excluding tert-OH is 3. The topological polar surface area (TPSA) is 893 Å². The Labute approximate surface area is 805 Å². The van der Waals surface area contributed by atoms with Gasteiger partial charge in [0.25, 0.3) is 0 Å². The fourth-order valence-electron chi connectivity index (χ4n) is 13.8. The summed E-state index contributed by atoms with van der Waals surface area (Å²) in [6, 6.07) is -26.5. The number of amides is 18. The Kier molecular flexibility index (Phi) is 58.4. The van der Waals surface area contributed by atoms with Crippen LogP contribution in [0.15, 0.2) is 4.99 Å². The van der Waals surface area contributed by atoms with E-state index in [0.717, 1.165) is 32.6 Å². The fourth-order valence-corrected chi connectivity index (χ4v) is 13.8. The lowest BCUT2D eigenvalue weighted by Crippen LogP contribution is -2.62. The minimum Gasteiger partial charge on any atom is -0.481 e. The van der Waals surface area contributed by atoms with Crippen LogP contribution in [0.1, 0.15) is 211 Å². The first kappa shape index (κ1) is 124. The lowest BCUT2D eigenvalue weighted by atomic mass is 9.94. The molecule has 0 spiro atoms. The van der Waals surface area contributed by atoms with Gasteiger partial charge in [-0.25, -0.2) is 4.79 Å². The summed E-state index contributed by atoms with van der Waals surface area (Å²) >= 11 is 0. The molecule has 21 atom stereocenters. The summed E-state index contributed by atoms with van der Waals surface area (Å²) in [6.07, 6.45) is -3.93. The van der Waals surface area contributed by atoms with Crippen molar-refractivity contribution in [2.45, 2.75) is 326 Å². The molecule has 1 saturated heterocycles. The largest absolute Gasteiger partial charge is 0.481 e. The normalized spacial score (nSPS) is 16.6. The van der Waals surface area contributed by atoms with Gasteiger partial charge in [-0.05, 0) is 175 Å². The SMILES string of the molecule is CC[C@H](C)[C@H](NC(=O)CNC(=O)CNC(=O)[C@H](CCCN=C(N)N)NC(=O)[C@H](C)NC(=O)[C@@H](NC(=O)[C@H](CO)NC(=O)[C@H](C)NC(=O)[C@H](CCC(=O)O)NC(=O)[C@@H](N)CCC(=O)O)[C@@H](C)O)C(=O)N[C@H](C(=O)N[C@@H](CC(C)C)C(=O)N1CCC[C@H]1C(=O)N[C@@H](CC(=O)O)C(=O)N[C@H](C(=O)N[C@@H](C)C(=O)N[C@@H](CCCCN)C(=O)N[C@@H](CCCCN)C(=O)N[C@@H](CCCCN)C(=O)O)[C@@H](C)O)[C@@H](C)CC. The van der Waals surface area contributed by atoms with Crippen molar-refractivity contribution in [2.24, 2.45) is 57.1 Å². The summed E-state index contributed by atoms with van der Waals surface area (Å²) in [5.74, 6) is -26.1. The van der Waals surface area contributed by atoms with Crippen LogP contribution in [0.5, 0.6) is 0 Å². The molecule has 1 rings (SSSR count). The Morgan fingerprint density at radius 3 is 1.20 bits per heavy atom. The molecule has 36 N–H and O–H groups in total. The highest BCUT2D eigenvalue weighted by molar-refractivity contribution is 6.02. The van der Waals surface area contributed by atoms with Crippen molar-refractivity contribution in [1.29, 1.82) is 0 Å². The number of likely N-dealkylation sites (tertiary alicyclic amines) is 1. The number of nitrogens with one attached hydrogen (secondary N) is 17.